The smallest absolute Gasteiger partial charge is 0.337 e. The molecule has 164 valence electrons. The first-order valence-corrected chi connectivity index (χ1v) is 10.9. The Labute approximate surface area is 185 Å². The average molecular weight is 432 g/mol. The van der Waals surface area contributed by atoms with Gasteiger partial charge in [-0.2, -0.15) is 0 Å². The number of rotatable bonds is 5. The summed E-state index contributed by atoms with van der Waals surface area (Å²) in [6, 6.07) is 16.4. The number of benzene rings is 2. The molecule has 5 atom stereocenters. The van der Waals surface area contributed by atoms with Crippen LogP contribution in [0.5, 0.6) is 0 Å². The molecular formula is C25H24N2O5. The van der Waals surface area contributed by atoms with Crippen LogP contribution in [0.3, 0.4) is 0 Å². The average Bonchev–Trinajstić information content (AvgIpc) is 3.47. The predicted molar refractivity (Wildman–Crippen MR) is 116 cm³/mol. The molecule has 7 heteroatoms. The maximum absolute atomic E-state index is 13.2. The van der Waals surface area contributed by atoms with Crippen molar-refractivity contribution in [1.29, 1.82) is 0 Å². The largest absolute Gasteiger partial charge is 0.465 e. The molecule has 32 heavy (non-hydrogen) atoms. The quantitative estimate of drug-likeness (QED) is 0.579. The number of fused-ring (bicyclic) bond motifs is 5. The van der Waals surface area contributed by atoms with E-state index in [4.69, 9.17) is 0 Å². The van der Waals surface area contributed by atoms with E-state index in [1.807, 2.05) is 18.2 Å². The Bertz CT molecular complexity index is 1080. The van der Waals surface area contributed by atoms with Gasteiger partial charge in [0.2, 0.25) is 17.7 Å². The number of hydrogen-bond acceptors (Lipinski definition) is 5. The van der Waals surface area contributed by atoms with Gasteiger partial charge in [-0.1, -0.05) is 30.3 Å². The van der Waals surface area contributed by atoms with Crippen molar-refractivity contribution in [3.63, 3.8) is 0 Å². The van der Waals surface area contributed by atoms with Gasteiger partial charge in [0.1, 0.15) is 6.54 Å². The van der Waals surface area contributed by atoms with Crippen LogP contribution in [-0.4, -0.2) is 42.2 Å². The summed E-state index contributed by atoms with van der Waals surface area (Å²) < 4.78 is 4.66. The van der Waals surface area contributed by atoms with Crippen LogP contribution in [0, 0.1) is 23.7 Å². The van der Waals surface area contributed by atoms with Gasteiger partial charge in [-0.15, -0.1) is 0 Å². The molecule has 3 fully saturated rings. The molecule has 3 amide bonds. The van der Waals surface area contributed by atoms with Crippen molar-refractivity contribution in [2.24, 2.45) is 23.7 Å². The molecule has 2 bridgehead atoms. The van der Waals surface area contributed by atoms with Gasteiger partial charge in [0.15, 0.2) is 0 Å². The highest BCUT2D eigenvalue weighted by Crippen LogP contribution is 2.61. The van der Waals surface area contributed by atoms with E-state index in [9.17, 15) is 19.2 Å². The number of esters is 1. The van der Waals surface area contributed by atoms with E-state index in [2.05, 4.69) is 22.2 Å². The molecule has 1 aliphatic heterocycles. The summed E-state index contributed by atoms with van der Waals surface area (Å²) in [5, 5.41) is 2.70. The molecule has 0 aromatic heterocycles. The zero-order valence-corrected chi connectivity index (χ0v) is 17.7. The van der Waals surface area contributed by atoms with Crippen molar-refractivity contribution in [2.75, 3.05) is 19.0 Å². The number of nitrogens with one attached hydrogen (secondary N) is 1. The lowest BCUT2D eigenvalue weighted by Crippen LogP contribution is -2.39. The van der Waals surface area contributed by atoms with Gasteiger partial charge in [-0.05, 0) is 60.4 Å². The SMILES string of the molecule is COC(=O)c1ccc(NC(=O)CN2C(=O)[C@@H]3[C@@H]4C[C@@H]([C@H]3C2=O)[C@@H](c2ccccc2)C4)cc1. The molecule has 2 aromatic carbocycles. The number of amides is 3. The maximum Gasteiger partial charge on any atom is 0.337 e. The molecular weight excluding hydrogens is 408 g/mol. The Morgan fingerprint density at radius 3 is 2.34 bits per heavy atom. The minimum Gasteiger partial charge on any atom is -0.465 e. The predicted octanol–water partition coefficient (Wildman–Crippen LogP) is 2.84. The van der Waals surface area contributed by atoms with Gasteiger partial charge < -0.3 is 10.1 Å². The first-order chi connectivity index (χ1) is 15.5. The highest BCUT2D eigenvalue weighted by molar-refractivity contribution is 6.09. The Morgan fingerprint density at radius 1 is 0.969 bits per heavy atom. The molecule has 0 radical (unpaired) electrons. The third-order valence-corrected chi connectivity index (χ3v) is 7.23. The van der Waals surface area contributed by atoms with E-state index in [1.165, 1.54) is 12.7 Å². The van der Waals surface area contributed by atoms with Crippen LogP contribution in [0.4, 0.5) is 5.69 Å². The molecule has 1 saturated heterocycles. The van der Waals surface area contributed by atoms with Crippen molar-refractivity contribution in [1.82, 2.24) is 4.90 Å². The third kappa shape index (κ3) is 3.28. The van der Waals surface area contributed by atoms with Crippen LogP contribution < -0.4 is 5.32 Å². The molecule has 7 nitrogen and oxygen atoms in total. The number of ether oxygens (including phenoxy) is 1. The van der Waals surface area contributed by atoms with Crippen LogP contribution in [0.15, 0.2) is 54.6 Å². The number of carbonyl (C=O) groups is 4. The van der Waals surface area contributed by atoms with Crippen molar-refractivity contribution in [2.45, 2.75) is 18.8 Å². The lowest BCUT2D eigenvalue weighted by atomic mass is 9.73. The Morgan fingerprint density at radius 2 is 1.66 bits per heavy atom. The van der Waals surface area contributed by atoms with Crippen molar-refractivity contribution < 1.29 is 23.9 Å². The molecule has 0 unspecified atom stereocenters. The summed E-state index contributed by atoms with van der Waals surface area (Å²) in [6.07, 6.45) is 1.82. The Hall–Kier alpha value is -3.48. The second-order valence-corrected chi connectivity index (χ2v) is 8.84. The summed E-state index contributed by atoms with van der Waals surface area (Å²) >= 11 is 0. The van der Waals surface area contributed by atoms with E-state index in [0.717, 1.165) is 17.7 Å². The van der Waals surface area contributed by atoms with Gasteiger partial charge in [-0.3, -0.25) is 19.3 Å². The molecule has 3 aliphatic rings. The molecule has 1 heterocycles. The molecule has 1 N–H and O–H groups in total. The lowest BCUT2D eigenvalue weighted by Gasteiger charge is -2.28. The van der Waals surface area contributed by atoms with Gasteiger partial charge in [0, 0.05) is 5.69 Å². The fraction of sp³-hybridized carbons (Fsp3) is 0.360. The topological polar surface area (TPSA) is 92.8 Å². The van der Waals surface area contributed by atoms with Crippen LogP contribution in [0.25, 0.3) is 0 Å². The van der Waals surface area contributed by atoms with Crippen LogP contribution in [-0.2, 0) is 19.1 Å². The maximum atomic E-state index is 13.2. The number of imide groups is 1. The fourth-order valence-electron chi connectivity index (χ4n) is 5.91. The first kappa shape index (κ1) is 20.4. The highest BCUT2D eigenvalue weighted by atomic mass is 16.5. The fourth-order valence-corrected chi connectivity index (χ4v) is 5.91. The summed E-state index contributed by atoms with van der Waals surface area (Å²) in [4.78, 5) is 51.5. The normalized spacial score (nSPS) is 28.0. The molecule has 2 saturated carbocycles. The monoisotopic (exact) mass is 432 g/mol. The summed E-state index contributed by atoms with van der Waals surface area (Å²) in [7, 11) is 1.30. The van der Waals surface area contributed by atoms with E-state index in [1.54, 1.807) is 24.3 Å². The molecule has 2 aromatic rings. The standard InChI is InChI=1S/C25H24N2O5/c1-32-25(31)15-7-9-17(10-8-15)26-20(28)13-27-23(29)21-16-11-18(14-5-3-2-4-6-14)19(12-16)22(21)24(27)30/h2-10,16,18-19,21-22H,11-13H2,1H3,(H,26,28)/t16-,18+,19+,21+,22+/m0/s1. The summed E-state index contributed by atoms with van der Waals surface area (Å²) in [5.41, 5.74) is 2.07. The van der Waals surface area contributed by atoms with Crippen LogP contribution in [0.1, 0.15) is 34.7 Å². The van der Waals surface area contributed by atoms with Gasteiger partial charge in [0.05, 0.1) is 24.5 Å². The number of likely N-dealkylation sites (tertiary alicyclic amines) is 1. The Kier molecular flexibility index (Phi) is 5.04. The molecule has 2 aliphatic carbocycles. The number of carbonyl (C=O) groups excluding carboxylic acids is 4. The molecule has 0 spiro atoms. The van der Waals surface area contributed by atoms with Crippen LogP contribution in [0.2, 0.25) is 0 Å². The molecule has 5 rings (SSSR count). The zero-order valence-electron chi connectivity index (χ0n) is 17.7. The number of anilines is 1. The Balaban J connectivity index is 1.26. The van der Waals surface area contributed by atoms with Crippen molar-refractivity contribution >= 4 is 29.4 Å². The number of methoxy groups -OCH3 is 1. The minimum atomic E-state index is -0.467. The second kappa shape index (κ2) is 7.89. The lowest BCUT2D eigenvalue weighted by molar-refractivity contribution is -0.143. The van der Waals surface area contributed by atoms with E-state index < -0.39 is 11.9 Å². The highest BCUT2D eigenvalue weighted by Gasteiger charge is 2.63. The third-order valence-electron chi connectivity index (χ3n) is 7.23. The van der Waals surface area contributed by atoms with E-state index >= 15 is 0 Å². The van der Waals surface area contributed by atoms with Crippen molar-refractivity contribution in [3.05, 3.63) is 65.7 Å². The van der Waals surface area contributed by atoms with E-state index in [0.29, 0.717) is 17.2 Å². The number of nitrogens with zero attached hydrogens (tertiary/aromatic N) is 1. The summed E-state index contributed by atoms with van der Waals surface area (Å²) in [6.45, 7) is -0.293. The van der Waals surface area contributed by atoms with Gasteiger partial charge in [0.25, 0.3) is 0 Å². The second-order valence-electron chi connectivity index (χ2n) is 8.84. The van der Waals surface area contributed by atoms with Gasteiger partial charge >= 0.3 is 5.97 Å². The van der Waals surface area contributed by atoms with Gasteiger partial charge in [-0.25, -0.2) is 4.79 Å². The summed E-state index contributed by atoms with van der Waals surface area (Å²) in [5.74, 6) is -1.30. The van der Waals surface area contributed by atoms with Crippen molar-refractivity contribution in [3.8, 4) is 0 Å². The van der Waals surface area contributed by atoms with E-state index in [-0.39, 0.29) is 42.0 Å². The van der Waals surface area contributed by atoms with Crippen LogP contribution >= 0.6 is 0 Å². The first-order valence-electron chi connectivity index (χ1n) is 10.9. The number of hydrogen-bond donors (Lipinski definition) is 1. The minimum absolute atomic E-state index is 0.155. The zero-order chi connectivity index (χ0) is 22.4.